The standard InChI is InChI=1S/C23H24FN3O5/c1-30-16-5-6-17(18(24)13-16)19-7-9-23(29)27(26-19)14-22(28)25-11-10-15-4-8-20(31-2)21(12-15)32-3/h4-9,12-13H,10-11,14H2,1-3H3,(H,25,28). The van der Waals surface area contributed by atoms with Crippen molar-refractivity contribution in [3.63, 3.8) is 0 Å². The van der Waals surface area contributed by atoms with Crippen LogP contribution in [0.2, 0.25) is 0 Å². The second kappa shape index (κ2) is 10.4. The van der Waals surface area contributed by atoms with Crippen molar-refractivity contribution in [2.75, 3.05) is 27.9 Å². The van der Waals surface area contributed by atoms with E-state index in [-0.39, 0.29) is 23.7 Å². The topological polar surface area (TPSA) is 91.7 Å². The zero-order valence-electron chi connectivity index (χ0n) is 18.1. The highest BCUT2D eigenvalue weighted by Crippen LogP contribution is 2.27. The molecule has 3 aromatic rings. The van der Waals surface area contributed by atoms with Gasteiger partial charge in [0.2, 0.25) is 5.91 Å². The van der Waals surface area contributed by atoms with Gasteiger partial charge < -0.3 is 19.5 Å². The zero-order chi connectivity index (χ0) is 23.1. The predicted octanol–water partition coefficient (Wildman–Crippen LogP) is 2.43. The van der Waals surface area contributed by atoms with Crippen LogP contribution in [0.3, 0.4) is 0 Å². The Morgan fingerprint density at radius 1 is 1.00 bits per heavy atom. The van der Waals surface area contributed by atoms with Gasteiger partial charge in [-0.2, -0.15) is 5.10 Å². The maximum atomic E-state index is 14.3. The number of rotatable bonds is 9. The SMILES string of the molecule is COc1ccc(-c2ccc(=O)n(CC(=O)NCCc3ccc(OC)c(OC)c3)n2)c(F)c1. The van der Waals surface area contributed by atoms with Gasteiger partial charge in [-0.1, -0.05) is 6.07 Å². The van der Waals surface area contributed by atoms with Gasteiger partial charge >= 0.3 is 0 Å². The maximum absolute atomic E-state index is 14.3. The highest BCUT2D eigenvalue weighted by Gasteiger charge is 2.12. The number of carbonyl (C=O) groups excluding carboxylic acids is 1. The summed E-state index contributed by atoms with van der Waals surface area (Å²) < 4.78 is 30.8. The number of carbonyl (C=O) groups is 1. The number of hydrogen-bond donors (Lipinski definition) is 1. The van der Waals surface area contributed by atoms with Crippen LogP contribution in [0, 0.1) is 5.82 Å². The minimum absolute atomic E-state index is 0.202. The normalized spacial score (nSPS) is 10.5. The Balaban J connectivity index is 1.64. The van der Waals surface area contributed by atoms with Crippen molar-refractivity contribution in [2.24, 2.45) is 0 Å². The van der Waals surface area contributed by atoms with Crippen molar-refractivity contribution >= 4 is 5.91 Å². The molecule has 3 rings (SSSR count). The average molecular weight is 441 g/mol. The molecule has 0 bridgehead atoms. The fourth-order valence-electron chi connectivity index (χ4n) is 3.11. The molecule has 1 heterocycles. The van der Waals surface area contributed by atoms with Gasteiger partial charge in [-0.15, -0.1) is 0 Å². The van der Waals surface area contributed by atoms with Gasteiger partial charge in [-0.05, 0) is 42.3 Å². The second-order valence-corrected chi connectivity index (χ2v) is 6.85. The molecule has 9 heteroatoms. The molecule has 0 spiro atoms. The summed E-state index contributed by atoms with van der Waals surface area (Å²) in [5.41, 5.74) is 0.934. The Kier molecular flexibility index (Phi) is 7.43. The molecule has 168 valence electrons. The molecule has 1 N–H and O–H groups in total. The largest absolute Gasteiger partial charge is 0.497 e. The van der Waals surface area contributed by atoms with Crippen molar-refractivity contribution in [1.29, 1.82) is 0 Å². The number of nitrogens with zero attached hydrogens (tertiary/aromatic N) is 2. The summed E-state index contributed by atoms with van der Waals surface area (Å²) in [6, 6.07) is 12.5. The molecule has 32 heavy (non-hydrogen) atoms. The van der Waals surface area contributed by atoms with E-state index in [2.05, 4.69) is 10.4 Å². The third-order valence-corrected chi connectivity index (χ3v) is 4.80. The molecular formula is C23H24FN3O5. The molecule has 2 aromatic carbocycles. The Bertz CT molecular complexity index is 1160. The van der Waals surface area contributed by atoms with Gasteiger partial charge in [0.25, 0.3) is 5.56 Å². The summed E-state index contributed by atoms with van der Waals surface area (Å²) in [7, 11) is 4.56. The first-order valence-electron chi connectivity index (χ1n) is 9.85. The van der Waals surface area contributed by atoms with Crippen molar-refractivity contribution in [3.8, 4) is 28.5 Å². The number of amides is 1. The Hall–Kier alpha value is -3.88. The van der Waals surface area contributed by atoms with E-state index < -0.39 is 11.4 Å². The maximum Gasteiger partial charge on any atom is 0.267 e. The van der Waals surface area contributed by atoms with Crippen LogP contribution in [0.15, 0.2) is 53.3 Å². The molecule has 1 amide bonds. The molecule has 0 aliphatic carbocycles. The van der Waals surface area contributed by atoms with E-state index in [4.69, 9.17) is 14.2 Å². The van der Waals surface area contributed by atoms with E-state index >= 15 is 0 Å². The van der Waals surface area contributed by atoms with E-state index in [9.17, 15) is 14.0 Å². The lowest BCUT2D eigenvalue weighted by Gasteiger charge is -2.11. The highest BCUT2D eigenvalue weighted by atomic mass is 19.1. The Morgan fingerprint density at radius 2 is 1.78 bits per heavy atom. The molecule has 1 aromatic heterocycles. The Labute approximate surface area is 184 Å². The summed E-state index contributed by atoms with van der Waals surface area (Å²) in [6.07, 6.45) is 0.561. The monoisotopic (exact) mass is 441 g/mol. The first-order chi connectivity index (χ1) is 15.4. The lowest BCUT2D eigenvalue weighted by atomic mass is 10.1. The lowest BCUT2D eigenvalue weighted by Crippen LogP contribution is -2.34. The van der Waals surface area contributed by atoms with Gasteiger partial charge in [0.05, 0.1) is 27.0 Å². The predicted molar refractivity (Wildman–Crippen MR) is 117 cm³/mol. The molecule has 0 fully saturated rings. The van der Waals surface area contributed by atoms with Crippen LogP contribution in [-0.4, -0.2) is 43.6 Å². The van der Waals surface area contributed by atoms with Crippen LogP contribution in [-0.2, 0) is 17.8 Å². The lowest BCUT2D eigenvalue weighted by molar-refractivity contribution is -0.121. The molecule has 0 aliphatic rings. The number of hydrogen-bond acceptors (Lipinski definition) is 6. The minimum atomic E-state index is -0.540. The third kappa shape index (κ3) is 5.42. The van der Waals surface area contributed by atoms with Crippen LogP contribution in [0.25, 0.3) is 11.3 Å². The van der Waals surface area contributed by atoms with Gasteiger partial charge in [-0.25, -0.2) is 9.07 Å². The highest BCUT2D eigenvalue weighted by molar-refractivity contribution is 5.75. The number of halogens is 1. The minimum Gasteiger partial charge on any atom is -0.497 e. The molecule has 8 nitrogen and oxygen atoms in total. The van der Waals surface area contributed by atoms with Gasteiger partial charge in [0, 0.05) is 24.2 Å². The van der Waals surface area contributed by atoms with Crippen molar-refractivity contribution in [3.05, 3.63) is 70.3 Å². The zero-order valence-corrected chi connectivity index (χ0v) is 18.1. The van der Waals surface area contributed by atoms with Crippen molar-refractivity contribution in [1.82, 2.24) is 15.1 Å². The molecular weight excluding hydrogens is 417 g/mol. The Morgan fingerprint density at radius 3 is 2.47 bits per heavy atom. The van der Waals surface area contributed by atoms with Crippen LogP contribution < -0.4 is 25.1 Å². The first kappa shape index (κ1) is 22.8. The summed E-state index contributed by atoms with van der Waals surface area (Å²) in [5, 5.41) is 6.90. The van der Waals surface area contributed by atoms with E-state index in [0.717, 1.165) is 10.2 Å². The molecule has 0 aliphatic heterocycles. The van der Waals surface area contributed by atoms with E-state index in [1.54, 1.807) is 26.4 Å². The van der Waals surface area contributed by atoms with Crippen LogP contribution in [0.5, 0.6) is 17.2 Å². The smallest absolute Gasteiger partial charge is 0.267 e. The fraction of sp³-hybridized carbons (Fsp3) is 0.261. The molecule has 0 unspecified atom stereocenters. The number of ether oxygens (including phenoxy) is 3. The van der Waals surface area contributed by atoms with Gasteiger partial charge in [0.15, 0.2) is 11.5 Å². The summed E-state index contributed by atoms with van der Waals surface area (Å²) in [4.78, 5) is 24.5. The number of aromatic nitrogens is 2. The van der Waals surface area contributed by atoms with E-state index in [1.807, 2.05) is 12.1 Å². The van der Waals surface area contributed by atoms with Crippen LogP contribution in [0.4, 0.5) is 4.39 Å². The van der Waals surface area contributed by atoms with E-state index in [1.165, 1.54) is 31.4 Å². The van der Waals surface area contributed by atoms with E-state index in [0.29, 0.717) is 30.2 Å². The molecule has 0 saturated heterocycles. The van der Waals surface area contributed by atoms with Crippen molar-refractivity contribution in [2.45, 2.75) is 13.0 Å². The van der Waals surface area contributed by atoms with Crippen molar-refractivity contribution < 1.29 is 23.4 Å². The summed E-state index contributed by atoms with van der Waals surface area (Å²) >= 11 is 0. The molecule has 0 saturated carbocycles. The molecule has 0 atom stereocenters. The van der Waals surface area contributed by atoms with Gasteiger partial charge in [0.1, 0.15) is 18.1 Å². The molecule has 0 radical (unpaired) electrons. The fourth-order valence-corrected chi connectivity index (χ4v) is 3.11. The summed E-state index contributed by atoms with van der Waals surface area (Å²) in [5.74, 6) is 0.677. The van der Waals surface area contributed by atoms with Gasteiger partial charge in [-0.3, -0.25) is 9.59 Å². The van der Waals surface area contributed by atoms with Crippen LogP contribution >= 0.6 is 0 Å². The number of methoxy groups -OCH3 is 3. The third-order valence-electron chi connectivity index (χ3n) is 4.80. The van der Waals surface area contributed by atoms with Crippen LogP contribution in [0.1, 0.15) is 5.56 Å². The first-order valence-corrected chi connectivity index (χ1v) is 9.85. The second-order valence-electron chi connectivity index (χ2n) is 6.85. The average Bonchev–Trinajstić information content (AvgIpc) is 2.80. The number of benzene rings is 2. The number of nitrogens with one attached hydrogen (secondary N) is 1. The quantitative estimate of drug-likeness (QED) is 0.549. The summed E-state index contributed by atoms with van der Waals surface area (Å²) in [6.45, 7) is 0.0756.